The Morgan fingerprint density at radius 1 is 0.600 bits per heavy atom. The molecule has 55 heavy (non-hydrogen) atoms. The van der Waals surface area contributed by atoms with Crippen LogP contribution in [0.1, 0.15) is 25.0 Å². The molecule has 2 atom stereocenters. The molecular weight excluding hydrogens is 832 g/mol. The average molecular weight is 882 g/mol. The topological polar surface area (TPSA) is 93.1 Å². The Balaban J connectivity index is 0.000000218. The molecule has 0 bridgehead atoms. The van der Waals surface area contributed by atoms with Gasteiger partial charge >= 0.3 is 62.2 Å². The van der Waals surface area contributed by atoms with Gasteiger partial charge in [0.15, 0.2) is 27.4 Å². The molecule has 12 nitrogen and oxygen atoms in total. The molecule has 0 amide bonds. The Kier molecular flexibility index (Phi) is 18.0. The Morgan fingerprint density at radius 2 is 0.927 bits per heavy atom. The van der Waals surface area contributed by atoms with Crippen molar-refractivity contribution in [1.82, 2.24) is 9.80 Å². The van der Waals surface area contributed by atoms with E-state index in [0.717, 1.165) is 37.6 Å². The molecule has 17 heteroatoms. The number of nitrogens with zero attached hydrogens (tertiary/aromatic N) is 12. The minimum absolute atomic E-state index is 0.120. The molecule has 2 heterocycles. The monoisotopic (exact) mass is 878 g/mol. The van der Waals surface area contributed by atoms with Crippen LogP contribution in [0.15, 0.2) is 140 Å². The number of anilines is 2. The van der Waals surface area contributed by atoms with Crippen LogP contribution in [0.3, 0.4) is 0 Å². The van der Waals surface area contributed by atoms with E-state index in [1.54, 1.807) is 0 Å². The Bertz CT molecular complexity index is 1720. The molecule has 0 spiro atoms. The predicted molar refractivity (Wildman–Crippen MR) is 222 cm³/mol. The van der Waals surface area contributed by atoms with E-state index in [9.17, 15) is 0 Å². The minimum atomic E-state index is -3.36. The maximum absolute atomic E-state index is 5.05. The van der Waals surface area contributed by atoms with E-state index in [-0.39, 0.29) is 12.6 Å². The predicted octanol–water partition coefficient (Wildman–Crippen LogP) is 10.9. The van der Waals surface area contributed by atoms with Gasteiger partial charge in [0.2, 0.25) is 0 Å². The first kappa shape index (κ1) is 44.3. The third-order valence-electron chi connectivity index (χ3n) is 8.65. The summed E-state index contributed by atoms with van der Waals surface area (Å²) in [6, 6.07) is 37.5. The molecule has 4 aromatic carbocycles. The molecule has 0 fully saturated rings. The van der Waals surface area contributed by atoms with Gasteiger partial charge in [-0.05, 0) is 97.8 Å². The van der Waals surface area contributed by atoms with Crippen LogP contribution in [0.4, 0.5) is 22.7 Å². The van der Waals surface area contributed by atoms with E-state index in [2.05, 4.69) is 127 Å². The Labute approximate surface area is 344 Å². The molecule has 2 unspecified atom stereocenters. The van der Waals surface area contributed by atoms with Gasteiger partial charge in [-0.3, -0.25) is 0 Å². The van der Waals surface area contributed by atoms with E-state index >= 15 is 0 Å². The number of hydrogen-bond donors (Lipinski definition) is 0. The number of rotatable bonds is 12. The van der Waals surface area contributed by atoms with Gasteiger partial charge in [-0.2, -0.15) is 9.80 Å². The van der Waals surface area contributed by atoms with Crippen LogP contribution in [0, 0.1) is 0 Å². The summed E-state index contributed by atoms with van der Waals surface area (Å²) in [4.78, 5) is 8.76. The zero-order valence-electron chi connectivity index (χ0n) is 32.4. The van der Waals surface area contributed by atoms with Crippen LogP contribution in [-0.4, -0.2) is 86.4 Å². The first-order chi connectivity index (χ1) is 26.3. The third-order valence-corrected chi connectivity index (χ3v) is 8.65. The van der Waals surface area contributed by atoms with E-state index < -0.39 is 10.8 Å². The van der Waals surface area contributed by atoms with E-state index in [0.29, 0.717) is 13.3 Å². The number of benzene rings is 4. The van der Waals surface area contributed by atoms with Crippen molar-refractivity contribution in [3.8, 4) is 0 Å². The fourth-order valence-corrected chi connectivity index (χ4v) is 5.66. The standard InChI is InChI=1S/2C19H25N6.4ClH.Zn/c2*1-4-25(14-16-8-6-5-7-9-16)18-12-10-17(11-13-18)21-22-19-23(2)15-20-24(19)3;;;;;/h2*5-13,19H,4,14-15H2,1-3H3;4*1H;/q2*+1;;;;;+2/p-4. The summed E-state index contributed by atoms with van der Waals surface area (Å²) in [6.07, 6.45) is -0.241. The van der Waals surface area contributed by atoms with Crippen molar-refractivity contribution in [2.75, 3.05) is 64.4 Å². The van der Waals surface area contributed by atoms with Gasteiger partial charge in [0.05, 0.1) is 11.4 Å². The van der Waals surface area contributed by atoms with Crippen molar-refractivity contribution in [3.63, 3.8) is 0 Å². The second-order valence-electron chi connectivity index (χ2n) is 13.0. The van der Waals surface area contributed by atoms with Crippen LogP contribution in [0.5, 0.6) is 0 Å². The van der Waals surface area contributed by atoms with Crippen molar-refractivity contribution in [3.05, 3.63) is 120 Å². The second kappa shape index (κ2) is 22.4. The molecule has 0 saturated heterocycles. The van der Waals surface area contributed by atoms with Gasteiger partial charge in [0.25, 0.3) is 0 Å². The molecule has 0 saturated carbocycles. The SMILES string of the molecule is CCN(Cc1ccccc1)c1ccc(N=NC2N(C)CN=[N+]2C)cc1.CCN(Cc1ccccc1)c1ccc(N=NC2N(C)CN=[N+]2C)cc1.[Cl][Zn-2]([Cl])([Cl])[Cl]. The molecule has 4 aromatic rings. The van der Waals surface area contributed by atoms with Gasteiger partial charge in [0, 0.05) is 37.6 Å². The van der Waals surface area contributed by atoms with Gasteiger partial charge in [-0.25, -0.2) is 0 Å². The van der Waals surface area contributed by atoms with Crippen molar-refractivity contribution in [2.45, 2.75) is 39.5 Å². The summed E-state index contributed by atoms with van der Waals surface area (Å²) in [5.41, 5.74) is 6.71. The fourth-order valence-electron chi connectivity index (χ4n) is 5.66. The van der Waals surface area contributed by atoms with E-state index in [1.807, 2.05) is 83.8 Å². The Hall–Kier alpha value is -3.42. The summed E-state index contributed by atoms with van der Waals surface area (Å²) in [5, 5.41) is 26.1. The second-order valence-corrected chi connectivity index (χ2v) is 40.7. The maximum atomic E-state index is 5.05. The van der Waals surface area contributed by atoms with Crippen LogP contribution in [0.2, 0.25) is 0 Å². The molecule has 2 aliphatic rings. The Morgan fingerprint density at radius 3 is 1.20 bits per heavy atom. The van der Waals surface area contributed by atoms with Crippen LogP contribution < -0.4 is 9.80 Å². The van der Waals surface area contributed by atoms with Gasteiger partial charge in [-0.15, -0.1) is 10.2 Å². The average Bonchev–Trinajstić information content (AvgIpc) is 3.68. The normalized spacial score (nSPS) is 17.3. The van der Waals surface area contributed by atoms with Crippen LogP contribution in [0.25, 0.3) is 0 Å². The zero-order valence-corrected chi connectivity index (χ0v) is 38.4. The summed E-state index contributed by atoms with van der Waals surface area (Å²) in [7, 11) is 24.6. The van der Waals surface area contributed by atoms with Gasteiger partial charge in [0.1, 0.15) is 0 Å². The van der Waals surface area contributed by atoms with Crippen LogP contribution in [-0.2, 0) is 23.9 Å². The summed E-state index contributed by atoms with van der Waals surface area (Å²) in [5.74, 6) is 0. The van der Waals surface area contributed by atoms with Crippen molar-refractivity contribution in [2.24, 2.45) is 30.7 Å². The van der Waals surface area contributed by atoms with Crippen LogP contribution >= 0.6 is 38.8 Å². The number of halogens is 4. The van der Waals surface area contributed by atoms with E-state index in [1.165, 1.54) is 22.5 Å². The quantitative estimate of drug-likeness (QED) is 0.0805. The number of hydrogen-bond acceptors (Lipinski definition) is 10. The van der Waals surface area contributed by atoms with Crippen molar-refractivity contribution in [1.29, 1.82) is 0 Å². The molecule has 292 valence electrons. The molecule has 0 N–H and O–H groups in total. The van der Waals surface area contributed by atoms with Gasteiger partial charge < -0.3 is 9.80 Å². The fraction of sp³-hybridized carbons (Fsp3) is 0.368. The van der Waals surface area contributed by atoms with Gasteiger partial charge in [-0.1, -0.05) is 80.3 Å². The third kappa shape index (κ3) is 15.2. The molecule has 0 aliphatic carbocycles. The number of azo groups is 6. The van der Waals surface area contributed by atoms with Crippen molar-refractivity contribution >= 4 is 61.5 Å². The molecular formula is C38H50Cl4N12Zn. The molecule has 0 aromatic heterocycles. The van der Waals surface area contributed by atoms with Crippen molar-refractivity contribution < 1.29 is 20.2 Å². The molecule has 6 rings (SSSR count). The first-order valence-corrected chi connectivity index (χ1v) is 33.8. The van der Waals surface area contributed by atoms with E-state index in [4.69, 9.17) is 38.8 Å². The first-order valence-electron chi connectivity index (χ1n) is 18.2. The summed E-state index contributed by atoms with van der Waals surface area (Å²) >= 11 is 0. The summed E-state index contributed by atoms with van der Waals surface area (Å²) in [6.45, 7) is 9.37. The molecule has 2 aliphatic heterocycles. The zero-order chi connectivity index (χ0) is 39.8. The molecule has 0 radical (unpaired) electrons. The summed E-state index contributed by atoms with van der Waals surface area (Å²) < 4.78 is 3.66.